The van der Waals surface area contributed by atoms with Gasteiger partial charge in [-0.2, -0.15) is 10.2 Å². The summed E-state index contributed by atoms with van der Waals surface area (Å²) in [5, 5.41) is 10.4. The predicted molar refractivity (Wildman–Crippen MR) is 131 cm³/mol. The smallest absolute Gasteiger partial charge is 0.256 e. The van der Waals surface area contributed by atoms with E-state index < -0.39 is 5.82 Å². The lowest BCUT2D eigenvalue weighted by Crippen LogP contribution is -2.49. The van der Waals surface area contributed by atoms with E-state index in [1.54, 1.807) is 29.6 Å². The summed E-state index contributed by atoms with van der Waals surface area (Å²) in [5.41, 5.74) is 3.24. The number of carbonyl (C=O) groups excluding carboxylic acids is 1. The number of fused-ring (bicyclic) bond motifs is 2. The van der Waals surface area contributed by atoms with Crippen molar-refractivity contribution >= 4 is 33.7 Å². The summed E-state index contributed by atoms with van der Waals surface area (Å²) in [4.78, 5) is 28.9. The average molecular weight is 468 g/mol. The van der Waals surface area contributed by atoms with Gasteiger partial charge in [0.05, 0.1) is 29.3 Å². The molecule has 1 aliphatic rings. The zero-order valence-electron chi connectivity index (χ0n) is 18.9. The number of pyridine rings is 1. The second-order valence-corrected chi connectivity index (χ2v) is 8.59. The highest BCUT2D eigenvalue weighted by molar-refractivity contribution is 5.95. The molecule has 1 saturated heterocycles. The highest BCUT2D eigenvalue weighted by atomic mass is 19.1. The molecule has 9 heteroatoms. The second kappa shape index (κ2) is 8.75. The molecule has 2 aromatic carbocycles. The molecule has 1 N–H and O–H groups in total. The van der Waals surface area contributed by atoms with Crippen LogP contribution in [-0.2, 0) is 6.42 Å². The molecule has 0 radical (unpaired) electrons. The van der Waals surface area contributed by atoms with Gasteiger partial charge in [-0.3, -0.25) is 4.79 Å². The first-order valence-corrected chi connectivity index (χ1v) is 11.5. The summed E-state index contributed by atoms with van der Waals surface area (Å²) in [5.74, 6) is 0.000578. The Morgan fingerprint density at radius 2 is 1.89 bits per heavy atom. The van der Waals surface area contributed by atoms with Crippen molar-refractivity contribution < 1.29 is 9.18 Å². The topological polar surface area (TPSA) is 90.9 Å². The van der Waals surface area contributed by atoms with E-state index in [9.17, 15) is 9.18 Å². The lowest BCUT2D eigenvalue weighted by atomic mass is 10.0. The Labute approximate surface area is 200 Å². The van der Waals surface area contributed by atoms with E-state index in [1.165, 1.54) is 6.07 Å². The van der Waals surface area contributed by atoms with Gasteiger partial charge in [0.1, 0.15) is 11.6 Å². The molecular weight excluding hydrogens is 445 g/mol. The van der Waals surface area contributed by atoms with Crippen molar-refractivity contribution in [3.05, 3.63) is 89.8 Å². The van der Waals surface area contributed by atoms with E-state index >= 15 is 0 Å². The van der Waals surface area contributed by atoms with Gasteiger partial charge in [0, 0.05) is 43.4 Å². The number of benzene rings is 2. The first kappa shape index (κ1) is 21.2. The number of aromatic amines is 1. The van der Waals surface area contributed by atoms with E-state index in [1.807, 2.05) is 36.4 Å². The summed E-state index contributed by atoms with van der Waals surface area (Å²) in [6, 6.07) is 16.5. The van der Waals surface area contributed by atoms with Gasteiger partial charge in [0.25, 0.3) is 5.91 Å². The van der Waals surface area contributed by atoms with Gasteiger partial charge in [-0.1, -0.05) is 30.3 Å². The van der Waals surface area contributed by atoms with E-state index in [-0.39, 0.29) is 11.5 Å². The largest absolute Gasteiger partial charge is 0.353 e. The van der Waals surface area contributed by atoms with E-state index in [4.69, 9.17) is 0 Å². The number of aromatic nitrogens is 5. The van der Waals surface area contributed by atoms with Crippen LogP contribution >= 0.6 is 0 Å². The molecule has 174 valence electrons. The molecule has 1 fully saturated rings. The highest BCUT2D eigenvalue weighted by Crippen LogP contribution is 2.22. The molecule has 1 amide bonds. The third-order valence-electron chi connectivity index (χ3n) is 6.44. The molecule has 8 nitrogen and oxygen atoms in total. The van der Waals surface area contributed by atoms with E-state index in [0.717, 1.165) is 33.4 Å². The first-order valence-electron chi connectivity index (χ1n) is 11.5. The number of imidazole rings is 1. The maximum absolute atomic E-state index is 14.7. The third kappa shape index (κ3) is 4.05. The standard InChI is InChI=1S/C26H22FN7O/c27-21-6-5-17(14-23-19-4-2-1-3-18(19)15-30-32-23)13-20(21)26(35)34-11-9-33(10-12-34)24-8-7-22-25(31-24)29-16-28-22/h1-8,13,15-16H,9-12,14H2,(H,28,29,31). The van der Waals surface area contributed by atoms with Gasteiger partial charge in [-0.25, -0.2) is 14.4 Å². The molecular formula is C26H22FN7O. The van der Waals surface area contributed by atoms with Crippen LogP contribution in [0, 0.1) is 5.82 Å². The molecule has 0 saturated carbocycles. The second-order valence-electron chi connectivity index (χ2n) is 8.59. The molecule has 0 spiro atoms. The Balaban J connectivity index is 1.18. The van der Waals surface area contributed by atoms with Crippen molar-refractivity contribution in [2.45, 2.75) is 6.42 Å². The third-order valence-corrected chi connectivity index (χ3v) is 6.44. The zero-order valence-corrected chi connectivity index (χ0v) is 18.9. The number of rotatable bonds is 4. The fraction of sp³-hybridized carbons (Fsp3) is 0.192. The maximum atomic E-state index is 14.7. The molecule has 0 unspecified atom stereocenters. The van der Waals surface area contributed by atoms with Gasteiger partial charge in [-0.15, -0.1) is 0 Å². The summed E-state index contributed by atoms with van der Waals surface area (Å²) in [6.07, 6.45) is 3.80. The average Bonchev–Trinajstić information content (AvgIpc) is 3.38. The highest BCUT2D eigenvalue weighted by Gasteiger charge is 2.25. The minimum atomic E-state index is -0.518. The van der Waals surface area contributed by atoms with Crippen LogP contribution in [0.25, 0.3) is 21.9 Å². The fourth-order valence-corrected chi connectivity index (χ4v) is 4.55. The van der Waals surface area contributed by atoms with Crippen molar-refractivity contribution in [1.29, 1.82) is 0 Å². The summed E-state index contributed by atoms with van der Waals surface area (Å²) >= 11 is 0. The Morgan fingerprint density at radius 1 is 1.03 bits per heavy atom. The van der Waals surface area contributed by atoms with Crippen LogP contribution in [0.3, 0.4) is 0 Å². The number of amides is 1. The Morgan fingerprint density at radius 3 is 2.77 bits per heavy atom. The molecule has 0 atom stereocenters. The van der Waals surface area contributed by atoms with Crippen molar-refractivity contribution in [1.82, 2.24) is 30.0 Å². The van der Waals surface area contributed by atoms with Gasteiger partial charge in [0.2, 0.25) is 0 Å². The molecule has 0 aliphatic carbocycles. The monoisotopic (exact) mass is 467 g/mol. The van der Waals surface area contributed by atoms with Crippen molar-refractivity contribution in [3.8, 4) is 0 Å². The van der Waals surface area contributed by atoms with Crippen LogP contribution in [0.4, 0.5) is 10.2 Å². The molecule has 5 aromatic rings. The van der Waals surface area contributed by atoms with Crippen LogP contribution in [-0.4, -0.2) is 62.1 Å². The minimum Gasteiger partial charge on any atom is -0.353 e. The Hall–Kier alpha value is -4.40. The lowest BCUT2D eigenvalue weighted by Gasteiger charge is -2.35. The van der Waals surface area contributed by atoms with E-state index in [0.29, 0.717) is 38.2 Å². The van der Waals surface area contributed by atoms with Gasteiger partial charge >= 0.3 is 0 Å². The molecule has 35 heavy (non-hydrogen) atoms. The van der Waals surface area contributed by atoms with Crippen LogP contribution in [0.15, 0.2) is 67.1 Å². The van der Waals surface area contributed by atoms with Gasteiger partial charge in [-0.05, 0) is 29.8 Å². The zero-order chi connectivity index (χ0) is 23.8. The number of piperazine rings is 1. The van der Waals surface area contributed by atoms with Crippen molar-refractivity contribution in [2.24, 2.45) is 0 Å². The number of hydrogen-bond acceptors (Lipinski definition) is 6. The quantitative estimate of drug-likeness (QED) is 0.434. The summed E-state index contributed by atoms with van der Waals surface area (Å²) in [7, 11) is 0. The number of hydrogen-bond donors (Lipinski definition) is 1. The molecule has 3 aromatic heterocycles. The maximum Gasteiger partial charge on any atom is 0.256 e. The van der Waals surface area contributed by atoms with Crippen LogP contribution in [0.1, 0.15) is 21.6 Å². The molecule has 4 heterocycles. The SMILES string of the molecule is O=C(c1cc(Cc2nncc3ccccc23)ccc1F)N1CCN(c2ccc3[nH]cnc3n2)CC1. The van der Waals surface area contributed by atoms with E-state index in [2.05, 4.69) is 30.0 Å². The normalized spacial score (nSPS) is 14.1. The number of nitrogens with one attached hydrogen (secondary N) is 1. The Kier molecular flexibility index (Phi) is 5.29. The van der Waals surface area contributed by atoms with Crippen molar-refractivity contribution in [3.63, 3.8) is 0 Å². The number of carbonyl (C=O) groups is 1. The van der Waals surface area contributed by atoms with Gasteiger partial charge < -0.3 is 14.8 Å². The minimum absolute atomic E-state index is 0.0835. The molecule has 0 bridgehead atoms. The van der Waals surface area contributed by atoms with Crippen molar-refractivity contribution in [2.75, 3.05) is 31.1 Å². The molecule has 1 aliphatic heterocycles. The number of nitrogens with zero attached hydrogens (tertiary/aromatic N) is 6. The van der Waals surface area contributed by atoms with Crippen LogP contribution in [0.2, 0.25) is 0 Å². The number of halogens is 1. The summed E-state index contributed by atoms with van der Waals surface area (Å²) in [6.45, 7) is 2.19. The summed E-state index contributed by atoms with van der Waals surface area (Å²) < 4.78 is 14.7. The fourth-order valence-electron chi connectivity index (χ4n) is 4.55. The number of H-pyrrole nitrogens is 1. The molecule has 6 rings (SSSR count). The predicted octanol–water partition coefficient (Wildman–Crippen LogP) is 3.59. The van der Waals surface area contributed by atoms with Crippen LogP contribution < -0.4 is 4.90 Å². The Bertz CT molecular complexity index is 1540. The van der Waals surface area contributed by atoms with Crippen LogP contribution in [0.5, 0.6) is 0 Å². The number of anilines is 1. The first-order chi connectivity index (χ1) is 17.2. The van der Waals surface area contributed by atoms with Gasteiger partial charge in [0.15, 0.2) is 5.65 Å². The lowest BCUT2D eigenvalue weighted by molar-refractivity contribution is 0.0741.